The molecule has 0 aliphatic carbocycles. The quantitative estimate of drug-likeness (QED) is 0.581. The second-order valence-corrected chi connectivity index (χ2v) is 7.10. The first-order valence-corrected chi connectivity index (χ1v) is 10.1. The summed E-state index contributed by atoms with van der Waals surface area (Å²) < 4.78 is 12.4. The van der Waals surface area contributed by atoms with Crippen molar-refractivity contribution in [2.75, 3.05) is 24.4 Å². The monoisotopic (exact) mass is 420 g/mol. The number of nitrogens with one attached hydrogen (secondary N) is 2. The van der Waals surface area contributed by atoms with Crippen molar-refractivity contribution in [1.82, 2.24) is 9.78 Å². The van der Waals surface area contributed by atoms with E-state index in [4.69, 9.17) is 9.47 Å². The van der Waals surface area contributed by atoms with Gasteiger partial charge in [-0.3, -0.25) is 9.59 Å². The van der Waals surface area contributed by atoms with E-state index in [-0.39, 0.29) is 18.2 Å². The number of hydrogen-bond donors (Lipinski definition) is 2. The Morgan fingerprint density at radius 1 is 1.16 bits per heavy atom. The predicted octanol–water partition coefficient (Wildman–Crippen LogP) is 3.62. The van der Waals surface area contributed by atoms with Gasteiger partial charge in [0, 0.05) is 12.7 Å². The van der Waals surface area contributed by atoms with E-state index >= 15 is 0 Å². The first-order valence-electron chi connectivity index (χ1n) is 10.1. The molecule has 1 unspecified atom stereocenters. The van der Waals surface area contributed by atoms with Gasteiger partial charge in [0.1, 0.15) is 17.6 Å². The lowest BCUT2D eigenvalue weighted by Gasteiger charge is -2.13. The molecule has 2 heterocycles. The molecule has 0 saturated carbocycles. The highest BCUT2D eigenvalue weighted by Crippen LogP contribution is 2.39. The number of nitrogens with zero attached hydrogens (tertiary/aromatic N) is 2. The van der Waals surface area contributed by atoms with Crippen molar-refractivity contribution in [1.29, 1.82) is 0 Å². The number of amides is 2. The first kappa shape index (κ1) is 20.6. The summed E-state index contributed by atoms with van der Waals surface area (Å²) in [6, 6.07) is 16.1. The number of hydrogen-bond acceptors (Lipinski definition) is 5. The molecule has 0 saturated heterocycles. The Balaban J connectivity index is 1.60. The predicted molar refractivity (Wildman–Crippen MR) is 117 cm³/mol. The van der Waals surface area contributed by atoms with Gasteiger partial charge in [0.2, 0.25) is 5.91 Å². The molecule has 1 aromatic heterocycles. The van der Waals surface area contributed by atoms with Crippen LogP contribution >= 0.6 is 0 Å². The van der Waals surface area contributed by atoms with Gasteiger partial charge in [0.25, 0.3) is 5.91 Å². The molecule has 1 atom stereocenters. The Morgan fingerprint density at radius 2 is 1.90 bits per heavy atom. The number of para-hydroxylation sites is 2. The molecular weight excluding hydrogens is 396 g/mol. The van der Waals surface area contributed by atoms with Crippen LogP contribution in [0.3, 0.4) is 0 Å². The minimum absolute atomic E-state index is 0.0539. The molecule has 8 nitrogen and oxygen atoms in total. The summed E-state index contributed by atoms with van der Waals surface area (Å²) in [6.45, 7) is 2.66. The Kier molecular flexibility index (Phi) is 5.99. The Hall–Kier alpha value is -3.65. The van der Waals surface area contributed by atoms with Gasteiger partial charge in [-0.1, -0.05) is 42.5 Å². The van der Waals surface area contributed by atoms with Gasteiger partial charge in [-0.15, -0.1) is 0 Å². The molecule has 8 heteroatoms. The summed E-state index contributed by atoms with van der Waals surface area (Å²) in [5, 5.41) is 10.3. The highest BCUT2D eigenvalue weighted by Gasteiger charge is 2.37. The number of carbonyl (C=O) groups excluding carboxylic acids is 2. The van der Waals surface area contributed by atoms with Gasteiger partial charge in [0.05, 0.1) is 31.0 Å². The summed E-state index contributed by atoms with van der Waals surface area (Å²) in [6.07, 6.45) is -0.0539. The summed E-state index contributed by atoms with van der Waals surface area (Å²) in [5.74, 6) is 0.598. The zero-order valence-electron chi connectivity index (χ0n) is 17.4. The fourth-order valence-corrected chi connectivity index (χ4v) is 3.69. The third kappa shape index (κ3) is 4.15. The van der Waals surface area contributed by atoms with Crippen LogP contribution in [0.4, 0.5) is 11.5 Å². The maximum Gasteiger partial charge on any atom is 0.251 e. The highest BCUT2D eigenvalue weighted by atomic mass is 16.5. The fourth-order valence-electron chi connectivity index (χ4n) is 3.69. The molecule has 1 aliphatic heterocycles. The van der Waals surface area contributed by atoms with Crippen LogP contribution in [0.5, 0.6) is 5.75 Å². The van der Waals surface area contributed by atoms with Crippen molar-refractivity contribution in [2.24, 2.45) is 0 Å². The van der Waals surface area contributed by atoms with Crippen molar-refractivity contribution in [3.05, 3.63) is 60.3 Å². The lowest BCUT2D eigenvalue weighted by atomic mass is 10.1. The van der Waals surface area contributed by atoms with Crippen LogP contribution < -0.4 is 15.4 Å². The molecule has 0 spiro atoms. The van der Waals surface area contributed by atoms with Crippen LogP contribution in [0, 0.1) is 0 Å². The number of benzene rings is 2. The lowest BCUT2D eigenvalue weighted by Crippen LogP contribution is -2.24. The van der Waals surface area contributed by atoms with E-state index in [1.807, 2.05) is 49.4 Å². The van der Waals surface area contributed by atoms with Crippen molar-refractivity contribution in [3.8, 4) is 16.9 Å². The van der Waals surface area contributed by atoms with Gasteiger partial charge in [-0.2, -0.15) is 5.10 Å². The van der Waals surface area contributed by atoms with E-state index in [1.54, 1.807) is 23.9 Å². The maximum absolute atomic E-state index is 12.8. The number of fused-ring (bicyclic) bond motifs is 1. The number of methoxy groups -OCH3 is 1. The Morgan fingerprint density at radius 3 is 2.65 bits per heavy atom. The second-order valence-electron chi connectivity index (χ2n) is 7.10. The number of anilines is 2. The standard InChI is InChI=1S/C23H24N4O4/c1-3-31-19-12-8-7-11-16(19)24-20(28)13-18-23(29)25-22-21(15-9-5-4-6-10-15)17(14-30-2)26-27(18)22/h4-12,18H,3,13-14H2,1-2H3,(H,24,28)(H,25,29). The van der Waals surface area contributed by atoms with E-state index in [0.29, 0.717) is 36.2 Å². The van der Waals surface area contributed by atoms with Crippen molar-refractivity contribution in [3.63, 3.8) is 0 Å². The van der Waals surface area contributed by atoms with Crippen LogP contribution in [0.15, 0.2) is 54.6 Å². The van der Waals surface area contributed by atoms with Crippen molar-refractivity contribution in [2.45, 2.75) is 26.0 Å². The lowest BCUT2D eigenvalue weighted by molar-refractivity contribution is -0.123. The number of aromatic nitrogens is 2. The molecule has 31 heavy (non-hydrogen) atoms. The minimum Gasteiger partial charge on any atom is -0.492 e. The van der Waals surface area contributed by atoms with Crippen molar-refractivity contribution >= 4 is 23.3 Å². The average Bonchev–Trinajstić information content (AvgIpc) is 3.25. The Labute approximate surface area is 180 Å². The van der Waals surface area contributed by atoms with E-state index < -0.39 is 6.04 Å². The van der Waals surface area contributed by atoms with Gasteiger partial charge in [-0.05, 0) is 24.6 Å². The van der Waals surface area contributed by atoms with E-state index in [1.165, 1.54) is 0 Å². The third-order valence-electron chi connectivity index (χ3n) is 5.01. The van der Waals surface area contributed by atoms with E-state index in [9.17, 15) is 9.59 Å². The zero-order valence-corrected chi connectivity index (χ0v) is 17.4. The van der Waals surface area contributed by atoms with Crippen molar-refractivity contribution < 1.29 is 19.1 Å². The van der Waals surface area contributed by atoms with Crippen LogP contribution in [0.1, 0.15) is 25.1 Å². The SMILES string of the molecule is CCOc1ccccc1NC(=O)CC1C(=O)Nc2c(-c3ccccc3)c(COC)nn21. The molecule has 160 valence electrons. The molecule has 1 aliphatic rings. The number of ether oxygens (including phenoxy) is 2. The summed E-state index contributed by atoms with van der Waals surface area (Å²) >= 11 is 0. The topological polar surface area (TPSA) is 94.5 Å². The maximum atomic E-state index is 12.8. The molecular formula is C23H24N4O4. The Bertz CT molecular complexity index is 1090. The molecule has 4 rings (SSSR count). The van der Waals surface area contributed by atoms with Gasteiger partial charge < -0.3 is 20.1 Å². The van der Waals surface area contributed by atoms with Gasteiger partial charge in [0.15, 0.2) is 0 Å². The summed E-state index contributed by atoms with van der Waals surface area (Å²) in [4.78, 5) is 25.4. The van der Waals surface area contributed by atoms with Crippen LogP contribution in [0.25, 0.3) is 11.1 Å². The molecule has 0 radical (unpaired) electrons. The van der Waals surface area contributed by atoms with E-state index in [2.05, 4.69) is 15.7 Å². The van der Waals surface area contributed by atoms with Crippen LogP contribution in [-0.4, -0.2) is 35.3 Å². The molecule has 2 aromatic carbocycles. The summed E-state index contributed by atoms with van der Waals surface area (Å²) in [7, 11) is 1.60. The molecule has 0 bridgehead atoms. The first-order chi connectivity index (χ1) is 15.1. The minimum atomic E-state index is -0.748. The smallest absolute Gasteiger partial charge is 0.251 e. The van der Waals surface area contributed by atoms with Gasteiger partial charge >= 0.3 is 0 Å². The molecule has 0 fully saturated rings. The number of rotatable bonds is 8. The van der Waals surface area contributed by atoms with Gasteiger partial charge in [-0.25, -0.2) is 4.68 Å². The molecule has 2 amide bonds. The molecule has 2 N–H and O–H groups in total. The largest absolute Gasteiger partial charge is 0.492 e. The normalized spacial score (nSPS) is 14.8. The average molecular weight is 420 g/mol. The highest BCUT2D eigenvalue weighted by molar-refractivity contribution is 6.04. The third-order valence-corrected chi connectivity index (χ3v) is 5.01. The second kappa shape index (κ2) is 9.01. The fraction of sp³-hybridized carbons (Fsp3) is 0.261. The van der Waals surface area contributed by atoms with Crippen LogP contribution in [-0.2, 0) is 20.9 Å². The molecule has 3 aromatic rings. The van der Waals surface area contributed by atoms with E-state index in [0.717, 1.165) is 11.1 Å². The summed E-state index contributed by atoms with van der Waals surface area (Å²) in [5.41, 5.74) is 3.00. The van der Waals surface area contributed by atoms with Crippen LogP contribution in [0.2, 0.25) is 0 Å². The zero-order chi connectivity index (χ0) is 21.8. The number of carbonyl (C=O) groups is 2.